The van der Waals surface area contributed by atoms with Crippen molar-refractivity contribution in [3.63, 3.8) is 0 Å². The average Bonchev–Trinajstić information content (AvgIpc) is 2.60. The van der Waals surface area contributed by atoms with Crippen LogP contribution in [0.1, 0.15) is 23.7 Å². The molecule has 0 bridgehead atoms. The van der Waals surface area contributed by atoms with Crippen LogP contribution in [0.3, 0.4) is 0 Å². The van der Waals surface area contributed by atoms with Gasteiger partial charge in [-0.3, -0.25) is 4.79 Å². The minimum atomic E-state index is -0.277. The second-order valence-corrected chi connectivity index (χ2v) is 3.05. The lowest BCUT2D eigenvalue weighted by Gasteiger charge is -2.11. The van der Waals surface area contributed by atoms with E-state index in [-0.39, 0.29) is 18.3 Å². The molecule has 1 rings (SSSR count). The molecule has 1 aromatic rings. The number of hydrogen-bond acceptors (Lipinski definition) is 5. The Hall–Kier alpha value is -1.36. The van der Waals surface area contributed by atoms with E-state index in [0.29, 0.717) is 12.3 Å². The molecule has 0 aliphatic heterocycles. The van der Waals surface area contributed by atoms with E-state index in [0.717, 1.165) is 5.56 Å². The van der Waals surface area contributed by atoms with E-state index in [1.807, 2.05) is 0 Å². The number of ether oxygens (including phenoxy) is 1. The molecule has 0 saturated carbocycles. The van der Waals surface area contributed by atoms with Crippen molar-refractivity contribution in [3.8, 4) is 0 Å². The summed E-state index contributed by atoms with van der Waals surface area (Å²) in [4.78, 5) is 11.1. The normalized spacial score (nSPS) is 12.5. The van der Waals surface area contributed by atoms with Crippen LogP contribution in [-0.2, 0) is 9.53 Å². The van der Waals surface area contributed by atoms with Gasteiger partial charge >= 0.3 is 5.97 Å². The SMILES string of the molecule is COC(=O)CC(CN)c1cnoc1C. The van der Waals surface area contributed by atoms with Crippen molar-refractivity contribution >= 4 is 5.97 Å². The maximum absolute atomic E-state index is 11.1. The summed E-state index contributed by atoms with van der Waals surface area (Å²) in [6, 6.07) is 0. The highest BCUT2D eigenvalue weighted by atomic mass is 16.5. The summed E-state index contributed by atoms with van der Waals surface area (Å²) in [6.45, 7) is 2.17. The van der Waals surface area contributed by atoms with E-state index in [1.165, 1.54) is 7.11 Å². The van der Waals surface area contributed by atoms with E-state index < -0.39 is 0 Å². The molecular formula is C9H14N2O3. The number of nitrogens with zero attached hydrogens (tertiary/aromatic N) is 1. The van der Waals surface area contributed by atoms with Crippen LogP contribution in [0.5, 0.6) is 0 Å². The molecule has 14 heavy (non-hydrogen) atoms. The fourth-order valence-electron chi connectivity index (χ4n) is 1.30. The van der Waals surface area contributed by atoms with Gasteiger partial charge in [-0.05, 0) is 13.5 Å². The second kappa shape index (κ2) is 4.76. The largest absolute Gasteiger partial charge is 0.469 e. The van der Waals surface area contributed by atoms with Crippen molar-refractivity contribution in [1.82, 2.24) is 5.16 Å². The van der Waals surface area contributed by atoms with Gasteiger partial charge in [0.15, 0.2) is 0 Å². The number of carbonyl (C=O) groups is 1. The Labute approximate surface area is 82.2 Å². The van der Waals surface area contributed by atoms with Crippen LogP contribution < -0.4 is 5.73 Å². The number of carbonyl (C=O) groups excluding carboxylic acids is 1. The molecule has 0 aromatic carbocycles. The molecule has 0 saturated heterocycles. The Balaban J connectivity index is 2.72. The highest BCUT2D eigenvalue weighted by Crippen LogP contribution is 2.21. The first-order valence-electron chi connectivity index (χ1n) is 4.37. The summed E-state index contributed by atoms with van der Waals surface area (Å²) in [5.41, 5.74) is 6.43. The number of methoxy groups -OCH3 is 1. The number of aryl methyl sites for hydroxylation is 1. The Morgan fingerprint density at radius 2 is 2.50 bits per heavy atom. The fourth-order valence-corrected chi connectivity index (χ4v) is 1.30. The predicted molar refractivity (Wildman–Crippen MR) is 49.7 cm³/mol. The van der Waals surface area contributed by atoms with E-state index >= 15 is 0 Å². The summed E-state index contributed by atoms with van der Waals surface area (Å²) in [5.74, 6) is 0.346. The molecule has 78 valence electrons. The van der Waals surface area contributed by atoms with Gasteiger partial charge in [-0.15, -0.1) is 0 Å². The van der Waals surface area contributed by atoms with Crippen LogP contribution in [-0.4, -0.2) is 24.8 Å². The van der Waals surface area contributed by atoms with Crippen molar-refractivity contribution in [1.29, 1.82) is 0 Å². The fraction of sp³-hybridized carbons (Fsp3) is 0.556. The highest BCUT2D eigenvalue weighted by molar-refractivity contribution is 5.70. The van der Waals surface area contributed by atoms with Crippen LogP contribution in [0.25, 0.3) is 0 Å². The van der Waals surface area contributed by atoms with Crippen molar-refractivity contribution in [2.75, 3.05) is 13.7 Å². The molecule has 0 aliphatic rings. The molecule has 1 aromatic heterocycles. The first kappa shape index (κ1) is 10.7. The van der Waals surface area contributed by atoms with Gasteiger partial charge in [-0.2, -0.15) is 0 Å². The number of esters is 1. The molecule has 5 nitrogen and oxygen atoms in total. The van der Waals surface area contributed by atoms with Crippen LogP contribution >= 0.6 is 0 Å². The van der Waals surface area contributed by atoms with Gasteiger partial charge in [-0.1, -0.05) is 5.16 Å². The van der Waals surface area contributed by atoms with Gasteiger partial charge in [0.05, 0.1) is 19.7 Å². The third-order valence-electron chi connectivity index (χ3n) is 2.15. The molecular weight excluding hydrogens is 184 g/mol. The maximum atomic E-state index is 11.1. The van der Waals surface area contributed by atoms with Crippen LogP contribution in [0, 0.1) is 6.92 Å². The lowest BCUT2D eigenvalue weighted by molar-refractivity contribution is -0.141. The Kier molecular flexibility index (Phi) is 3.64. The third-order valence-corrected chi connectivity index (χ3v) is 2.15. The zero-order chi connectivity index (χ0) is 10.6. The topological polar surface area (TPSA) is 78.4 Å². The molecule has 0 radical (unpaired) electrons. The molecule has 1 unspecified atom stereocenters. The monoisotopic (exact) mass is 198 g/mol. The Morgan fingerprint density at radius 1 is 1.79 bits per heavy atom. The summed E-state index contributed by atoms with van der Waals surface area (Å²) >= 11 is 0. The second-order valence-electron chi connectivity index (χ2n) is 3.05. The van der Waals surface area contributed by atoms with Crippen LogP contribution in [0.15, 0.2) is 10.7 Å². The summed E-state index contributed by atoms with van der Waals surface area (Å²) < 4.78 is 9.48. The van der Waals surface area contributed by atoms with Gasteiger partial charge in [0.1, 0.15) is 5.76 Å². The van der Waals surface area contributed by atoms with Gasteiger partial charge in [-0.25, -0.2) is 0 Å². The molecule has 1 atom stereocenters. The van der Waals surface area contributed by atoms with Crippen molar-refractivity contribution < 1.29 is 14.1 Å². The Bertz CT molecular complexity index is 309. The lowest BCUT2D eigenvalue weighted by atomic mass is 9.97. The van der Waals surface area contributed by atoms with E-state index in [2.05, 4.69) is 9.89 Å². The standard InChI is InChI=1S/C9H14N2O3/c1-6-8(5-11-14-6)7(4-10)3-9(12)13-2/h5,7H,3-4,10H2,1-2H3. The highest BCUT2D eigenvalue weighted by Gasteiger charge is 2.19. The summed E-state index contributed by atoms with van der Waals surface area (Å²) in [6.07, 6.45) is 1.85. The van der Waals surface area contributed by atoms with Crippen LogP contribution in [0.2, 0.25) is 0 Å². The van der Waals surface area contributed by atoms with E-state index in [4.69, 9.17) is 10.3 Å². The molecule has 5 heteroatoms. The quantitative estimate of drug-likeness (QED) is 0.716. The lowest BCUT2D eigenvalue weighted by Crippen LogP contribution is -2.17. The molecule has 0 aliphatic carbocycles. The number of nitrogens with two attached hydrogens (primary N) is 1. The van der Waals surface area contributed by atoms with Gasteiger partial charge in [0.25, 0.3) is 0 Å². The molecule has 1 heterocycles. The van der Waals surface area contributed by atoms with Crippen LogP contribution in [0.4, 0.5) is 0 Å². The summed E-state index contributed by atoms with van der Waals surface area (Å²) in [7, 11) is 1.36. The number of aromatic nitrogens is 1. The smallest absolute Gasteiger partial charge is 0.306 e. The minimum Gasteiger partial charge on any atom is -0.469 e. The molecule has 2 N–H and O–H groups in total. The van der Waals surface area contributed by atoms with Crippen molar-refractivity contribution in [3.05, 3.63) is 17.5 Å². The zero-order valence-electron chi connectivity index (χ0n) is 8.32. The Morgan fingerprint density at radius 3 is 2.93 bits per heavy atom. The zero-order valence-corrected chi connectivity index (χ0v) is 8.32. The summed E-state index contributed by atoms with van der Waals surface area (Å²) in [5, 5.41) is 3.64. The average molecular weight is 198 g/mol. The van der Waals surface area contributed by atoms with Gasteiger partial charge < -0.3 is 15.0 Å². The molecule has 0 fully saturated rings. The number of rotatable bonds is 4. The van der Waals surface area contributed by atoms with Crippen molar-refractivity contribution in [2.24, 2.45) is 5.73 Å². The van der Waals surface area contributed by atoms with Crippen molar-refractivity contribution in [2.45, 2.75) is 19.3 Å². The number of hydrogen-bond donors (Lipinski definition) is 1. The minimum absolute atomic E-state index is 0.0753. The first-order valence-corrected chi connectivity index (χ1v) is 4.37. The van der Waals surface area contributed by atoms with E-state index in [1.54, 1.807) is 13.1 Å². The van der Waals surface area contributed by atoms with Gasteiger partial charge in [0.2, 0.25) is 0 Å². The molecule has 0 spiro atoms. The predicted octanol–water partition coefficient (Wildman–Crippen LogP) is 0.588. The third kappa shape index (κ3) is 2.32. The van der Waals surface area contributed by atoms with Gasteiger partial charge in [0, 0.05) is 11.5 Å². The first-order chi connectivity index (χ1) is 6.69. The molecule has 0 amide bonds. The van der Waals surface area contributed by atoms with E-state index in [9.17, 15) is 4.79 Å². The maximum Gasteiger partial charge on any atom is 0.306 e.